The van der Waals surface area contributed by atoms with E-state index in [1.165, 1.54) is 11.0 Å². The van der Waals surface area contributed by atoms with Crippen LogP contribution in [0.25, 0.3) is 5.69 Å². The van der Waals surface area contributed by atoms with Crippen LogP contribution in [0.3, 0.4) is 0 Å². The van der Waals surface area contributed by atoms with E-state index in [0.717, 1.165) is 18.7 Å². The molecule has 0 aliphatic carbocycles. The van der Waals surface area contributed by atoms with Crippen LogP contribution in [0.4, 0.5) is 0 Å². The number of tetrazole rings is 1. The Bertz CT molecular complexity index is 722. The van der Waals surface area contributed by atoms with Crippen LogP contribution in [0, 0.1) is 0 Å². The number of aromatic nitrogens is 6. The second-order valence-electron chi connectivity index (χ2n) is 4.71. The fraction of sp³-hybridized carbons (Fsp3) is 0.214. The van der Waals surface area contributed by atoms with Crippen LogP contribution in [-0.2, 0) is 6.54 Å². The lowest BCUT2D eigenvalue weighted by Gasteiger charge is -2.07. The Morgan fingerprint density at radius 2 is 2.23 bits per heavy atom. The molecular weight excluding hydrogens is 282 g/mol. The van der Waals surface area contributed by atoms with Gasteiger partial charge in [0, 0.05) is 31.0 Å². The Morgan fingerprint density at radius 3 is 3.00 bits per heavy atom. The van der Waals surface area contributed by atoms with Crippen LogP contribution in [0.2, 0.25) is 0 Å². The van der Waals surface area contributed by atoms with Crippen LogP contribution >= 0.6 is 0 Å². The van der Waals surface area contributed by atoms with E-state index in [2.05, 4.69) is 25.8 Å². The minimum absolute atomic E-state index is 0.111. The summed E-state index contributed by atoms with van der Waals surface area (Å²) < 4.78 is 3.49. The molecule has 0 fully saturated rings. The zero-order valence-corrected chi connectivity index (χ0v) is 11.8. The highest BCUT2D eigenvalue weighted by atomic mass is 16.1. The molecule has 0 spiro atoms. The Morgan fingerprint density at radius 1 is 1.27 bits per heavy atom. The zero-order chi connectivity index (χ0) is 15.2. The topological polar surface area (TPSA) is 90.5 Å². The maximum Gasteiger partial charge on any atom is 0.251 e. The van der Waals surface area contributed by atoms with E-state index in [1.54, 1.807) is 30.7 Å². The SMILES string of the molecule is O=C(NCCCn1ccnc1)c1cccc(-n2cnnn2)c1. The van der Waals surface area contributed by atoms with Gasteiger partial charge in [-0.25, -0.2) is 9.67 Å². The van der Waals surface area contributed by atoms with Crippen molar-refractivity contribution in [2.24, 2.45) is 0 Å². The Balaban J connectivity index is 1.55. The Kier molecular flexibility index (Phi) is 4.19. The zero-order valence-electron chi connectivity index (χ0n) is 11.8. The van der Waals surface area contributed by atoms with Crippen LogP contribution in [0.1, 0.15) is 16.8 Å². The number of rotatable bonds is 6. The summed E-state index contributed by atoms with van der Waals surface area (Å²) in [5.74, 6) is -0.111. The van der Waals surface area contributed by atoms with E-state index in [1.807, 2.05) is 16.8 Å². The van der Waals surface area contributed by atoms with E-state index in [0.29, 0.717) is 12.1 Å². The molecule has 22 heavy (non-hydrogen) atoms. The first kappa shape index (κ1) is 13.9. The molecule has 8 nitrogen and oxygen atoms in total. The summed E-state index contributed by atoms with van der Waals surface area (Å²) in [4.78, 5) is 16.1. The van der Waals surface area contributed by atoms with Gasteiger partial charge >= 0.3 is 0 Å². The Labute approximate surface area is 126 Å². The first-order valence-corrected chi connectivity index (χ1v) is 6.90. The molecule has 0 radical (unpaired) electrons. The van der Waals surface area contributed by atoms with Gasteiger partial charge in [-0.15, -0.1) is 5.10 Å². The third-order valence-corrected chi connectivity index (χ3v) is 3.16. The van der Waals surface area contributed by atoms with Gasteiger partial charge in [0.15, 0.2) is 0 Å². The van der Waals surface area contributed by atoms with Crippen LogP contribution < -0.4 is 5.32 Å². The summed E-state index contributed by atoms with van der Waals surface area (Å²) >= 11 is 0. The van der Waals surface area contributed by atoms with E-state index in [9.17, 15) is 4.79 Å². The molecule has 1 aromatic carbocycles. The van der Waals surface area contributed by atoms with Crippen molar-refractivity contribution in [1.29, 1.82) is 0 Å². The summed E-state index contributed by atoms with van der Waals surface area (Å²) in [7, 11) is 0. The molecule has 1 amide bonds. The number of hydrogen-bond donors (Lipinski definition) is 1. The predicted molar refractivity (Wildman–Crippen MR) is 78.3 cm³/mol. The third-order valence-electron chi connectivity index (χ3n) is 3.16. The van der Waals surface area contributed by atoms with Crippen molar-refractivity contribution in [1.82, 2.24) is 35.1 Å². The van der Waals surface area contributed by atoms with Crippen molar-refractivity contribution in [3.8, 4) is 5.69 Å². The molecule has 1 N–H and O–H groups in total. The fourth-order valence-electron chi connectivity index (χ4n) is 2.05. The summed E-state index contributed by atoms with van der Waals surface area (Å²) in [5.41, 5.74) is 1.33. The lowest BCUT2D eigenvalue weighted by molar-refractivity contribution is 0.0952. The van der Waals surface area contributed by atoms with Gasteiger partial charge in [-0.3, -0.25) is 4.79 Å². The van der Waals surface area contributed by atoms with Crippen LogP contribution in [0.5, 0.6) is 0 Å². The molecule has 0 unspecified atom stereocenters. The maximum absolute atomic E-state index is 12.1. The quantitative estimate of drug-likeness (QED) is 0.676. The molecule has 0 aliphatic heterocycles. The third kappa shape index (κ3) is 3.35. The van der Waals surface area contributed by atoms with E-state index >= 15 is 0 Å². The summed E-state index contributed by atoms with van der Waals surface area (Å²) in [6.07, 6.45) is 7.73. The lowest BCUT2D eigenvalue weighted by Crippen LogP contribution is -2.25. The second-order valence-corrected chi connectivity index (χ2v) is 4.71. The van der Waals surface area contributed by atoms with Crippen LogP contribution in [0.15, 0.2) is 49.3 Å². The van der Waals surface area contributed by atoms with Crippen molar-refractivity contribution in [3.05, 3.63) is 54.9 Å². The van der Waals surface area contributed by atoms with Gasteiger partial charge in [0.25, 0.3) is 5.91 Å². The highest BCUT2D eigenvalue weighted by Crippen LogP contribution is 2.08. The molecule has 2 aromatic heterocycles. The normalized spacial score (nSPS) is 10.5. The minimum Gasteiger partial charge on any atom is -0.352 e. The second kappa shape index (κ2) is 6.61. The average molecular weight is 297 g/mol. The van der Waals surface area contributed by atoms with Crippen molar-refractivity contribution in [2.45, 2.75) is 13.0 Å². The number of nitrogens with one attached hydrogen (secondary N) is 1. The molecule has 2 heterocycles. The monoisotopic (exact) mass is 297 g/mol. The predicted octanol–water partition coefficient (Wildman–Crippen LogP) is 0.679. The molecular formula is C14H15N7O. The van der Waals surface area contributed by atoms with Gasteiger partial charge in [0.05, 0.1) is 12.0 Å². The molecule has 8 heteroatoms. The van der Waals surface area contributed by atoms with Gasteiger partial charge in [0.2, 0.25) is 0 Å². The van der Waals surface area contributed by atoms with E-state index in [-0.39, 0.29) is 5.91 Å². The summed E-state index contributed by atoms with van der Waals surface area (Å²) in [6.45, 7) is 1.43. The van der Waals surface area contributed by atoms with Gasteiger partial charge in [-0.2, -0.15) is 0 Å². The van der Waals surface area contributed by atoms with Crippen molar-refractivity contribution in [3.63, 3.8) is 0 Å². The maximum atomic E-state index is 12.1. The standard InChI is InChI=1S/C14H15N7O/c22-14(16-5-2-7-20-8-6-15-10-20)12-3-1-4-13(9-12)21-11-17-18-19-21/h1,3-4,6,8-11H,2,5,7H2,(H,16,22). The smallest absolute Gasteiger partial charge is 0.251 e. The molecule has 112 valence electrons. The largest absolute Gasteiger partial charge is 0.352 e. The number of benzene rings is 1. The number of aryl methyl sites for hydroxylation is 1. The molecule has 0 bridgehead atoms. The van der Waals surface area contributed by atoms with Gasteiger partial charge in [-0.1, -0.05) is 6.07 Å². The number of carbonyl (C=O) groups excluding carboxylic acids is 1. The van der Waals surface area contributed by atoms with Crippen molar-refractivity contribution >= 4 is 5.91 Å². The number of hydrogen-bond acceptors (Lipinski definition) is 5. The van der Waals surface area contributed by atoms with Gasteiger partial charge in [-0.05, 0) is 35.0 Å². The molecule has 3 rings (SSSR count). The first-order valence-electron chi connectivity index (χ1n) is 6.90. The average Bonchev–Trinajstić information content (AvgIpc) is 3.24. The van der Waals surface area contributed by atoms with Crippen LogP contribution in [-0.4, -0.2) is 42.2 Å². The van der Waals surface area contributed by atoms with E-state index in [4.69, 9.17) is 0 Å². The van der Waals surface area contributed by atoms with Crippen molar-refractivity contribution < 1.29 is 4.79 Å². The van der Waals surface area contributed by atoms with Gasteiger partial charge in [0.1, 0.15) is 6.33 Å². The fourth-order valence-corrected chi connectivity index (χ4v) is 2.05. The first-order chi connectivity index (χ1) is 10.8. The molecule has 0 saturated heterocycles. The lowest BCUT2D eigenvalue weighted by atomic mass is 10.2. The number of imidazole rings is 1. The molecule has 0 aliphatic rings. The highest BCUT2D eigenvalue weighted by molar-refractivity contribution is 5.94. The Hall–Kier alpha value is -3.03. The molecule has 0 atom stereocenters. The van der Waals surface area contributed by atoms with Gasteiger partial charge < -0.3 is 9.88 Å². The summed E-state index contributed by atoms with van der Waals surface area (Å²) in [5, 5.41) is 13.9. The minimum atomic E-state index is -0.111. The van der Waals surface area contributed by atoms with Crippen molar-refractivity contribution in [2.75, 3.05) is 6.54 Å². The number of nitrogens with zero attached hydrogens (tertiary/aromatic N) is 6. The highest BCUT2D eigenvalue weighted by Gasteiger charge is 2.07. The molecule has 3 aromatic rings. The van der Waals surface area contributed by atoms with E-state index < -0.39 is 0 Å². The number of carbonyl (C=O) groups is 1. The number of amides is 1. The summed E-state index contributed by atoms with van der Waals surface area (Å²) in [6, 6.07) is 7.16. The molecule has 0 saturated carbocycles.